The van der Waals surface area contributed by atoms with E-state index in [1.165, 1.54) is 0 Å². The molecule has 0 radical (unpaired) electrons. The highest BCUT2D eigenvalue weighted by Gasteiger charge is 2.12. The highest BCUT2D eigenvalue weighted by Crippen LogP contribution is 2.37. The number of carbonyl (C=O) groups excluding carboxylic acids is 1. The fourth-order valence-electron chi connectivity index (χ4n) is 3.64. The number of hydrogen-bond acceptors (Lipinski definition) is 2. The third-order valence-corrected chi connectivity index (χ3v) is 5.12. The third-order valence-electron chi connectivity index (χ3n) is 5.12. The Morgan fingerprint density at radius 2 is 1.41 bits per heavy atom. The molecule has 2 N–H and O–H groups in total. The summed E-state index contributed by atoms with van der Waals surface area (Å²) in [5.41, 5.74) is 3.80. The van der Waals surface area contributed by atoms with Crippen LogP contribution < -0.4 is 5.32 Å². The zero-order valence-corrected chi connectivity index (χ0v) is 16.1. The second-order valence-electron chi connectivity index (χ2n) is 7.07. The minimum absolute atomic E-state index is 0.0710. The van der Waals surface area contributed by atoms with Crippen molar-refractivity contribution in [1.29, 1.82) is 0 Å². The van der Waals surface area contributed by atoms with Gasteiger partial charge in [0.1, 0.15) is 5.75 Å². The highest BCUT2D eigenvalue weighted by atomic mass is 16.3. The van der Waals surface area contributed by atoms with E-state index in [2.05, 4.69) is 23.5 Å². The van der Waals surface area contributed by atoms with Crippen molar-refractivity contribution in [1.82, 2.24) is 5.32 Å². The lowest BCUT2D eigenvalue weighted by Crippen LogP contribution is -2.24. The first-order valence-electron chi connectivity index (χ1n) is 9.86. The second kappa shape index (κ2) is 8.61. The Morgan fingerprint density at radius 1 is 0.793 bits per heavy atom. The van der Waals surface area contributed by atoms with Gasteiger partial charge in [-0.1, -0.05) is 72.8 Å². The van der Waals surface area contributed by atoms with Crippen LogP contribution in [0.1, 0.15) is 22.3 Å². The maximum Gasteiger partial charge on any atom is 0.251 e. The summed E-state index contributed by atoms with van der Waals surface area (Å²) in [7, 11) is 0. The van der Waals surface area contributed by atoms with Crippen LogP contribution in [-0.2, 0) is 6.42 Å². The van der Waals surface area contributed by atoms with E-state index in [-0.39, 0.29) is 5.91 Å². The summed E-state index contributed by atoms with van der Waals surface area (Å²) in [6, 6.07) is 29.4. The maximum absolute atomic E-state index is 12.2. The summed E-state index contributed by atoms with van der Waals surface area (Å²) >= 11 is 0. The van der Waals surface area contributed by atoms with Gasteiger partial charge in [-0.15, -0.1) is 0 Å². The molecule has 0 saturated carbocycles. The molecule has 0 aliphatic rings. The van der Waals surface area contributed by atoms with Crippen molar-refractivity contribution >= 4 is 16.7 Å². The molecule has 1 amide bonds. The van der Waals surface area contributed by atoms with Gasteiger partial charge in [-0.2, -0.15) is 0 Å². The van der Waals surface area contributed by atoms with E-state index < -0.39 is 0 Å². The molecule has 0 bridgehead atoms. The number of fused-ring (bicyclic) bond motifs is 1. The van der Waals surface area contributed by atoms with Crippen molar-refractivity contribution in [3.8, 4) is 16.9 Å². The van der Waals surface area contributed by atoms with Crippen LogP contribution in [0.2, 0.25) is 0 Å². The number of carbonyl (C=O) groups is 1. The average Bonchev–Trinajstić information content (AvgIpc) is 2.79. The van der Waals surface area contributed by atoms with Gasteiger partial charge in [-0.3, -0.25) is 4.79 Å². The van der Waals surface area contributed by atoms with E-state index >= 15 is 0 Å². The first-order chi connectivity index (χ1) is 14.2. The van der Waals surface area contributed by atoms with Gasteiger partial charge >= 0.3 is 0 Å². The van der Waals surface area contributed by atoms with Gasteiger partial charge in [-0.05, 0) is 53.1 Å². The van der Waals surface area contributed by atoms with Crippen LogP contribution in [-0.4, -0.2) is 17.6 Å². The number of amides is 1. The first-order valence-corrected chi connectivity index (χ1v) is 9.86. The molecular formula is C26H23NO2. The molecule has 0 atom stereocenters. The van der Waals surface area contributed by atoms with E-state index in [4.69, 9.17) is 0 Å². The minimum atomic E-state index is -0.0710. The van der Waals surface area contributed by atoms with E-state index in [1.54, 1.807) is 12.1 Å². The van der Waals surface area contributed by atoms with Gasteiger partial charge in [0.2, 0.25) is 0 Å². The molecule has 0 aliphatic carbocycles. The molecule has 4 aromatic carbocycles. The molecule has 0 fully saturated rings. The Balaban J connectivity index is 1.53. The monoisotopic (exact) mass is 381 g/mol. The molecule has 4 aromatic rings. The number of aryl methyl sites for hydroxylation is 1. The quantitative estimate of drug-likeness (QED) is 0.429. The van der Waals surface area contributed by atoms with Crippen molar-refractivity contribution in [3.63, 3.8) is 0 Å². The average molecular weight is 381 g/mol. The molecule has 0 spiro atoms. The van der Waals surface area contributed by atoms with Gasteiger partial charge in [0.05, 0.1) is 0 Å². The smallest absolute Gasteiger partial charge is 0.251 e. The fourth-order valence-corrected chi connectivity index (χ4v) is 3.64. The van der Waals surface area contributed by atoms with E-state index in [9.17, 15) is 9.90 Å². The van der Waals surface area contributed by atoms with Gasteiger partial charge in [0.15, 0.2) is 0 Å². The Bertz CT molecular complexity index is 1120. The molecule has 0 unspecified atom stereocenters. The van der Waals surface area contributed by atoms with Crippen molar-refractivity contribution in [3.05, 3.63) is 102 Å². The Hall–Kier alpha value is -3.59. The topological polar surface area (TPSA) is 49.3 Å². The number of phenols is 1. The second-order valence-corrected chi connectivity index (χ2v) is 7.07. The summed E-state index contributed by atoms with van der Waals surface area (Å²) < 4.78 is 0. The van der Waals surface area contributed by atoms with Crippen LogP contribution in [0.4, 0.5) is 0 Å². The number of rotatable bonds is 6. The third kappa shape index (κ3) is 4.14. The number of aromatic hydroxyl groups is 1. The summed E-state index contributed by atoms with van der Waals surface area (Å²) in [6.07, 6.45) is 1.43. The molecule has 144 valence electrons. The normalized spacial score (nSPS) is 10.8. The largest absolute Gasteiger partial charge is 0.507 e. The van der Waals surface area contributed by atoms with E-state index in [0.717, 1.165) is 33.9 Å². The zero-order valence-electron chi connectivity index (χ0n) is 16.1. The van der Waals surface area contributed by atoms with Crippen LogP contribution in [0.25, 0.3) is 21.9 Å². The summed E-state index contributed by atoms with van der Waals surface area (Å²) in [5.74, 6) is 0.257. The zero-order chi connectivity index (χ0) is 20.1. The maximum atomic E-state index is 12.2. The van der Waals surface area contributed by atoms with Gasteiger partial charge in [0, 0.05) is 17.5 Å². The summed E-state index contributed by atoms with van der Waals surface area (Å²) in [4.78, 5) is 12.2. The lowest BCUT2D eigenvalue weighted by atomic mass is 9.93. The van der Waals surface area contributed by atoms with E-state index in [1.807, 2.05) is 60.7 Å². The van der Waals surface area contributed by atoms with Crippen molar-refractivity contribution in [2.45, 2.75) is 12.8 Å². The van der Waals surface area contributed by atoms with Crippen LogP contribution in [0.5, 0.6) is 5.75 Å². The van der Waals surface area contributed by atoms with Crippen molar-refractivity contribution < 1.29 is 9.90 Å². The molecule has 29 heavy (non-hydrogen) atoms. The van der Waals surface area contributed by atoms with Crippen LogP contribution in [0, 0.1) is 0 Å². The molecule has 0 aliphatic heterocycles. The van der Waals surface area contributed by atoms with Gasteiger partial charge < -0.3 is 10.4 Å². The van der Waals surface area contributed by atoms with Crippen molar-refractivity contribution in [2.24, 2.45) is 0 Å². The molecule has 0 saturated heterocycles. The lowest BCUT2D eigenvalue weighted by Gasteiger charge is -2.14. The minimum Gasteiger partial charge on any atom is -0.507 e. The molecule has 0 aromatic heterocycles. The van der Waals surface area contributed by atoms with Gasteiger partial charge in [0.25, 0.3) is 5.91 Å². The molecule has 4 rings (SSSR count). The molecule has 3 nitrogen and oxygen atoms in total. The number of nitrogens with one attached hydrogen (secondary N) is 1. The predicted octanol–water partition coefficient (Wildman–Crippen LogP) is 5.58. The summed E-state index contributed by atoms with van der Waals surface area (Å²) in [5, 5.41) is 15.7. The van der Waals surface area contributed by atoms with Crippen LogP contribution in [0.3, 0.4) is 0 Å². The Kier molecular flexibility index (Phi) is 5.57. The first kappa shape index (κ1) is 18.8. The SMILES string of the molecule is O=C(NCCCc1cc(-c2ccccc2)c2ccccc2c1O)c1ccccc1. The van der Waals surface area contributed by atoms with Crippen molar-refractivity contribution in [2.75, 3.05) is 6.54 Å². The highest BCUT2D eigenvalue weighted by molar-refractivity contribution is 6.01. The standard InChI is InChI=1S/C26H23NO2/c28-25-21(14-9-17-27-26(29)20-12-5-2-6-13-20)18-24(19-10-3-1-4-11-19)22-15-7-8-16-23(22)25/h1-8,10-13,15-16,18,28H,9,14,17H2,(H,27,29). The predicted molar refractivity (Wildman–Crippen MR) is 118 cm³/mol. The van der Waals surface area contributed by atoms with E-state index in [0.29, 0.717) is 24.3 Å². The fraction of sp³-hybridized carbons (Fsp3) is 0.115. The summed E-state index contributed by atoms with van der Waals surface area (Å²) in [6.45, 7) is 0.556. The molecule has 0 heterocycles. The number of hydrogen-bond donors (Lipinski definition) is 2. The Morgan fingerprint density at radius 3 is 2.14 bits per heavy atom. The number of benzene rings is 4. The number of phenolic OH excluding ortho intramolecular Hbond substituents is 1. The van der Waals surface area contributed by atoms with Crippen LogP contribution >= 0.6 is 0 Å². The lowest BCUT2D eigenvalue weighted by molar-refractivity contribution is 0.0953. The van der Waals surface area contributed by atoms with Crippen LogP contribution in [0.15, 0.2) is 91.0 Å². The molecule has 3 heteroatoms. The molecular weight excluding hydrogens is 358 g/mol. The van der Waals surface area contributed by atoms with Gasteiger partial charge in [-0.25, -0.2) is 0 Å². The Labute approximate surface area is 170 Å².